The van der Waals surface area contributed by atoms with E-state index in [-0.39, 0.29) is 0 Å². The molecule has 0 saturated carbocycles. The summed E-state index contributed by atoms with van der Waals surface area (Å²) in [5.74, 6) is 0. The third kappa shape index (κ3) is 2.63. The molecule has 27 heavy (non-hydrogen) atoms. The maximum Gasteiger partial charge on any atom is -0.0270 e. The summed E-state index contributed by atoms with van der Waals surface area (Å²) in [7, 11) is 0. The fourth-order valence-electron chi connectivity index (χ4n) is 6.91. The Balaban J connectivity index is 1.72. The number of fused-ring (bicyclic) bond motifs is 6. The largest absolute Gasteiger partial charge is 0.0553 e. The molecule has 0 unspecified atom stereocenters. The van der Waals surface area contributed by atoms with E-state index in [1.807, 2.05) is 11.1 Å². The molecular weight excluding hydrogens is 324 g/mol. The average Bonchev–Trinajstić information content (AvgIpc) is 2.69. The maximum absolute atomic E-state index is 2.69. The smallest absolute Gasteiger partial charge is 0.0270 e. The second-order valence-electron chi connectivity index (χ2n) is 9.53. The lowest BCUT2D eigenvalue weighted by Gasteiger charge is -2.31. The van der Waals surface area contributed by atoms with Crippen molar-refractivity contribution in [2.24, 2.45) is 0 Å². The Labute approximate surface area is 164 Å². The minimum atomic E-state index is 1.31. The molecule has 0 amide bonds. The Morgan fingerprint density at radius 2 is 0.556 bits per heavy atom. The van der Waals surface area contributed by atoms with E-state index in [0.717, 1.165) is 0 Å². The van der Waals surface area contributed by atoms with Crippen molar-refractivity contribution in [1.82, 2.24) is 0 Å². The fraction of sp³-hybridized carbons (Fsp3) is 0.556. The van der Waals surface area contributed by atoms with Crippen molar-refractivity contribution in [3.8, 4) is 0 Å². The Morgan fingerprint density at radius 3 is 0.889 bits per heavy atom. The van der Waals surface area contributed by atoms with E-state index < -0.39 is 0 Å². The van der Waals surface area contributed by atoms with Gasteiger partial charge < -0.3 is 0 Å². The summed E-state index contributed by atoms with van der Waals surface area (Å²) >= 11 is 0. The highest BCUT2D eigenvalue weighted by atomic mass is 14.3. The first-order valence-corrected chi connectivity index (χ1v) is 11.7. The highest BCUT2D eigenvalue weighted by Gasteiger charge is 2.25. The quantitative estimate of drug-likeness (QED) is 0.558. The predicted molar refractivity (Wildman–Crippen MR) is 113 cm³/mol. The molecule has 6 rings (SSSR count). The summed E-state index contributed by atoms with van der Waals surface area (Å²) in [6, 6.07) is 5.37. The Hall–Kier alpha value is -1.56. The Morgan fingerprint density at radius 1 is 0.296 bits per heavy atom. The number of rotatable bonds is 0. The minimum Gasteiger partial charge on any atom is -0.0553 e. The lowest BCUT2D eigenvalue weighted by Crippen LogP contribution is -2.19. The van der Waals surface area contributed by atoms with E-state index in [4.69, 9.17) is 0 Å². The van der Waals surface area contributed by atoms with E-state index in [1.54, 1.807) is 44.5 Å². The van der Waals surface area contributed by atoms with Crippen LogP contribution in [0, 0.1) is 0 Å². The molecule has 0 fully saturated rings. The molecule has 0 heteroatoms. The van der Waals surface area contributed by atoms with Crippen LogP contribution in [-0.4, -0.2) is 0 Å². The molecule has 4 aliphatic carbocycles. The van der Waals surface area contributed by atoms with E-state index in [0.29, 0.717) is 0 Å². The van der Waals surface area contributed by atoms with Gasteiger partial charge in [-0.05, 0) is 152 Å². The van der Waals surface area contributed by atoms with Crippen LogP contribution in [0.4, 0.5) is 0 Å². The van der Waals surface area contributed by atoms with Gasteiger partial charge in [0.15, 0.2) is 0 Å². The van der Waals surface area contributed by atoms with Gasteiger partial charge in [0.25, 0.3) is 0 Å². The second-order valence-corrected chi connectivity index (χ2v) is 9.53. The second kappa shape index (κ2) is 6.50. The molecule has 4 aliphatic rings. The summed E-state index contributed by atoms with van der Waals surface area (Å²) in [4.78, 5) is 0. The Bertz CT molecular complexity index is 779. The highest BCUT2D eigenvalue weighted by Crippen LogP contribution is 2.38. The van der Waals surface area contributed by atoms with Gasteiger partial charge in [-0.2, -0.15) is 0 Å². The Kier molecular flexibility index (Phi) is 3.95. The van der Waals surface area contributed by atoms with Crippen LogP contribution in [0.3, 0.4) is 0 Å². The monoisotopic (exact) mass is 356 g/mol. The van der Waals surface area contributed by atoms with E-state index in [1.165, 1.54) is 96.3 Å². The molecule has 0 radical (unpaired) electrons. The van der Waals surface area contributed by atoms with Crippen molar-refractivity contribution >= 4 is 0 Å². The zero-order valence-electron chi connectivity index (χ0n) is 16.8. The van der Waals surface area contributed by atoms with Crippen molar-refractivity contribution < 1.29 is 0 Å². The summed E-state index contributed by atoms with van der Waals surface area (Å²) in [5, 5.41) is 0. The van der Waals surface area contributed by atoms with E-state index in [9.17, 15) is 0 Å². The van der Waals surface area contributed by atoms with Gasteiger partial charge >= 0.3 is 0 Å². The molecule has 0 N–H and O–H groups in total. The van der Waals surface area contributed by atoms with Crippen molar-refractivity contribution in [2.75, 3.05) is 0 Å². The molecule has 0 heterocycles. The van der Waals surface area contributed by atoms with Gasteiger partial charge in [0.05, 0.1) is 0 Å². The predicted octanol–water partition coefficient (Wildman–Crippen LogP) is 5.82. The zero-order chi connectivity index (χ0) is 17.8. The lowest BCUT2D eigenvalue weighted by atomic mass is 9.74. The molecule has 0 spiro atoms. The SMILES string of the molecule is c1c2c3c4c5c1CCCc1cc(c(c(c1CCC5)CCC4)CCC3)CCC2. The molecular formula is C27H32. The van der Waals surface area contributed by atoms with Crippen LogP contribution in [0.25, 0.3) is 0 Å². The maximum atomic E-state index is 2.69. The molecule has 0 saturated heterocycles. The van der Waals surface area contributed by atoms with Crippen molar-refractivity contribution in [2.45, 2.75) is 96.3 Å². The lowest BCUT2D eigenvalue weighted by molar-refractivity contribution is 0.656. The van der Waals surface area contributed by atoms with Gasteiger partial charge in [0.1, 0.15) is 0 Å². The normalized spacial score (nSPS) is 20.6. The van der Waals surface area contributed by atoms with Crippen LogP contribution < -0.4 is 0 Å². The molecule has 2 aromatic rings. The molecule has 0 nitrogen and oxygen atoms in total. The van der Waals surface area contributed by atoms with Crippen molar-refractivity contribution in [1.29, 1.82) is 0 Å². The molecule has 0 aromatic heterocycles. The fourth-order valence-corrected chi connectivity index (χ4v) is 6.91. The first-order valence-electron chi connectivity index (χ1n) is 11.7. The van der Waals surface area contributed by atoms with Crippen LogP contribution in [0.2, 0.25) is 0 Å². The van der Waals surface area contributed by atoms with Crippen LogP contribution in [0.1, 0.15) is 87.7 Å². The van der Waals surface area contributed by atoms with Gasteiger partial charge in [-0.3, -0.25) is 0 Å². The summed E-state index contributed by atoms with van der Waals surface area (Å²) in [6.07, 6.45) is 20.0. The van der Waals surface area contributed by atoms with Crippen LogP contribution in [0.5, 0.6) is 0 Å². The van der Waals surface area contributed by atoms with Crippen molar-refractivity contribution in [3.05, 3.63) is 67.8 Å². The third-order valence-corrected chi connectivity index (χ3v) is 8.05. The number of aryl methyl sites for hydroxylation is 4. The highest BCUT2D eigenvalue weighted by molar-refractivity contribution is 5.52. The van der Waals surface area contributed by atoms with Crippen LogP contribution in [0.15, 0.2) is 12.1 Å². The topological polar surface area (TPSA) is 0 Å². The van der Waals surface area contributed by atoms with Crippen LogP contribution >= 0.6 is 0 Å². The third-order valence-electron chi connectivity index (χ3n) is 8.05. The first kappa shape index (κ1) is 16.4. The van der Waals surface area contributed by atoms with Crippen molar-refractivity contribution in [3.63, 3.8) is 0 Å². The number of hydrogen-bond acceptors (Lipinski definition) is 0. The summed E-state index contributed by atoms with van der Waals surface area (Å²) in [6.45, 7) is 0. The number of hydrogen-bond donors (Lipinski definition) is 0. The van der Waals surface area contributed by atoms with Crippen LogP contribution in [-0.2, 0) is 64.2 Å². The first-order chi connectivity index (χ1) is 13.4. The van der Waals surface area contributed by atoms with E-state index in [2.05, 4.69) is 12.1 Å². The molecule has 140 valence electrons. The standard InChI is InChI=1S/C27H32/c1-6-18-16-20-8-2-9-21-17-19(7-1)23-11-3-10-22(18)26-14-5-15-27(23)25(21)13-4-12-24(20)26/h16-17H,1-15H2. The van der Waals surface area contributed by atoms with Gasteiger partial charge in [-0.25, -0.2) is 0 Å². The molecule has 0 atom stereocenters. The summed E-state index contributed by atoms with van der Waals surface area (Å²) in [5.41, 5.74) is 17.8. The molecule has 6 bridgehead atoms. The molecule has 2 aromatic carbocycles. The van der Waals surface area contributed by atoms with Gasteiger partial charge in [0.2, 0.25) is 0 Å². The number of benzene rings is 2. The van der Waals surface area contributed by atoms with Gasteiger partial charge in [-0.1, -0.05) is 12.1 Å². The average molecular weight is 357 g/mol. The minimum absolute atomic E-state index is 1.31. The van der Waals surface area contributed by atoms with Gasteiger partial charge in [0, 0.05) is 0 Å². The van der Waals surface area contributed by atoms with Gasteiger partial charge in [-0.15, -0.1) is 0 Å². The summed E-state index contributed by atoms with van der Waals surface area (Å²) < 4.78 is 0. The molecule has 0 aliphatic heterocycles. The van der Waals surface area contributed by atoms with E-state index >= 15 is 0 Å². The zero-order valence-corrected chi connectivity index (χ0v) is 16.8.